The van der Waals surface area contributed by atoms with Gasteiger partial charge in [0.05, 0.1) is 0 Å². The zero-order valence-electron chi connectivity index (χ0n) is 18.4. The topological polar surface area (TPSA) is 61.1 Å². The molecule has 0 unspecified atom stereocenters. The third kappa shape index (κ3) is 5.40. The average Bonchev–Trinajstić information content (AvgIpc) is 3.35. The molecule has 30 heavy (non-hydrogen) atoms. The lowest BCUT2D eigenvalue weighted by Crippen LogP contribution is -2.24. The van der Waals surface area contributed by atoms with Crippen molar-refractivity contribution in [1.82, 2.24) is 14.8 Å². The van der Waals surface area contributed by atoms with Gasteiger partial charge in [0.15, 0.2) is 0 Å². The molecule has 2 heterocycles. The normalized spacial score (nSPS) is 14.7. The predicted molar refractivity (Wildman–Crippen MR) is 121 cm³/mol. The van der Waals surface area contributed by atoms with Gasteiger partial charge < -0.3 is 9.88 Å². The van der Waals surface area contributed by atoms with Crippen LogP contribution in [0.25, 0.3) is 6.08 Å². The molecular weight excluding hydrogens is 372 g/mol. The molecule has 1 aliphatic rings. The summed E-state index contributed by atoms with van der Waals surface area (Å²) in [6.45, 7) is 10.9. The van der Waals surface area contributed by atoms with Gasteiger partial charge >= 0.3 is 0 Å². The fraction of sp³-hybridized carbons (Fsp3) is 0.440. The van der Waals surface area contributed by atoms with Crippen LogP contribution in [0.5, 0.6) is 0 Å². The van der Waals surface area contributed by atoms with E-state index in [0.29, 0.717) is 6.54 Å². The van der Waals surface area contributed by atoms with Gasteiger partial charge in [-0.25, -0.2) is 0 Å². The summed E-state index contributed by atoms with van der Waals surface area (Å²) in [5.41, 5.74) is 5.63. The summed E-state index contributed by atoms with van der Waals surface area (Å²) in [7, 11) is 0. The van der Waals surface area contributed by atoms with Crippen molar-refractivity contribution in [3.05, 3.63) is 64.0 Å². The second-order valence-corrected chi connectivity index (χ2v) is 8.13. The number of carbonyl (C=O) groups is 1. The van der Waals surface area contributed by atoms with Gasteiger partial charge in [-0.05, 0) is 75.0 Å². The van der Waals surface area contributed by atoms with E-state index in [4.69, 9.17) is 0 Å². The van der Waals surface area contributed by atoms with E-state index in [1.165, 1.54) is 31.5 Å². The van der Waals surface area contributed by atoms with Gasteiger partial charge in [0.25, 0.3) is 5.91 Å². The number of nitriles is 1. The second kappa shape index (κ2) is 10.3. The Bertz CT molecular complexity index is 941. The average molecular weight is 405 g/mol. The van der Waals surface area contributed by atoms with Gasteiger partial charge in [0.2, 0.25) is 0 Å². The number of aromatic nitrogens is 1. The predicted octanol–water partition coefficient (Wildman–Crippen LogP) is 4.33. The van der Waals surface area contributed by atoms with Crippen LogP contribution in [-0.4, -0.2) is 28.5 Å². The zero-order chi connectivity index (χ0) is 21.5. The minimum Gasteiger partial charge on any atom is -0.349 e. The molecule has 5 nitrogen and oxygen atoms in total. The van der Waals surface area contributed by atoms with E-state index < -0.39 is 0 Å². The number of rotatable bonds is 8. The van der Waals surface area contributed by atoms with E-state index in [9.17, 15) is 10.1 Å². The van der Waals surface area contributed by atoms with E-state index >= 15 is 0 Å². The van der Waals surface area contributed by atoms with E-state index in [1.807, 2.05) is 13.0 Å². The molecule has 0 saturated carbocycles. The van der Waals surface area contributed by atoms with Crippen molar-refractivity contribution >= 4 is 12.0 Å². The lowest BCUT2D eigenvalue weighted by atomic mass is 10.1. The summed E-state index contributed by atoms with van der Waals surface area (Å²) >= 11 is 0. The second-order valence-electron chi connectivity index (χ2n) is 8.13. The van der Waals surface area contributed by atoms with E-state index in [1.54, 1.807) is 6.08 Å². The van der Waals surface area contributed by atoms with Crippen LogP contribution in [0, 0.1) is 25.2 Å². The molecule has 2 aromatic rings. The van der Waals surface area contributed by atoms with Crippen LogP contribution < -0.4 is 5.32 Å². The minimum atomic E-state index is -0.334. The minimum absolute atomic E-state index is 0.136. The maximum atomic E-state index is 12.6. The first-order valence-electron chi connectivity index (χ1n) is 10.9. The highest BCUT2D eigenvalue weighted by molar-refractivity contribution is 6.01. The molecular formula is C25H32N4O. The van der Waals surface area contributed by atoms with Gasteiger partial charge in [0.1, 0.15) is 11.6 Å². The summed E-state index contributed by atoms with van der Waals surface area (Å²) in [5, 5.41) is 12.4. The van der Waals surface area contributed by atoms with Crippen LogP contribution >= 0.6 is 0 Å². The summed E-state index contributed by atoms with van der Waals surface area (Å²) in [4.78, 5) is 15.0. The number of aryl methyl sites for hydroxylation is 1. The fourth-order valence-corrected chi connectivity index (χ4v) is 4.08. The highest BCUT2D eigenvalue weighted by atomic mass is 16.1. The molecule has 0 aliphatic carbocycles. The number of carbonyl (C=O) groups excluding carboxylic acids is 1. The zero-order valence-corrected chi connectivity index (χ0v) is 18.4. The standard InChI is InChI=1S/C25H32N4O/c1-4-11-29-19(2)14-23(20(29)3)15-24(16-26)25(30)27-17-21-7-9-22(10-8-21)18-28-12-5-6-13-28/h7-10,14-15H,4-6,11-13,17-18H2,1-3H3,(H,27,30)/b24-15+. The Morgan fingerprint density at radius 1 is 1.17 bits per heavy atom. The number of likely N-dealkylation sites (tertiary alicyclic amines) is 1. The van der Waals surface area contributed by atoms with Crippen LogP contribution in [0.2, 0.25) is 0 Å². The monoisotopic (exact) mass is 404 g/mol. The van der Waals surface area contributed by atoms with Crippen LogP contribution in [0.4, 0.5) is 0 Å². The number of hydrogen-bond acceptors (Lipinski definition) is 3. The van der Waals surface area contributed by atoms with Crippen LogP contribution in [0.1, 0.15) is 54.3 Å². The first-order chi connectivity index (χ1) is 14.5. The smallest absolute Gasteiger partial charge is 0.262 e. The third-order valence-corrected chi connectivity index (χ3v) is 5.81. The molecule has 1 amide bonds. The molecule has 1 aliphatic heterocycles. The molecule has 158 valence electrons. The first kappa shape index (κ1) is 21.9. The van der Waals surface area contributed by atoms with Gasteiger partial charge in [0, 0.05) is 31.0 Å². The lowest BCUT2D eigenvalue weighted by molar-refractivity contribution is -0.117. The Hall–Kier alpha value is -2.84. The van der Waals surface area contributed by atoms with Crippen molar-refractivity contribution in [1.29, 1.82) is 5.26 Å². The lowest BCUT2D eigenvalue weighted by Gasteiger charge is -2.14. The maximum Gasteiger partial charge on any atom is 0.262 e. The molecule has 3 rings (SSSR count). The summed E-state index contributed by atoms with van der Waals surface area (Å²) < 4.78 is 2.22. The Morgan fingerprint density at radius 3 is 2.47 bits per heavy atom. The molecule has 0 bridgehead atoms. The quantitative estimate of drug-likeness (QED) is 0.526. The molecule has 1 aromatic carbocycles. The van der Waals surface area contributed by atoms with Crippen LogP contribution in [0.15, 0.2) is 35.9 Å². The highest BCUT2D eigenvalue weighted by Crippen LogP contribution is 2.19. The molecule has 1 N–H and O–H groups in total. The van der Waals surface area contributed by atoms with Crippen LogP contribution in [0.3, 0.4) is 0 Å². The van der Waals surface area contributed by atoms with Crippen molar-refractivity contribution in [2.75, 3.05) is 13.1 Å². The number of amides is 1. The Balaban J connectivity index is 1.61. The van der Waals surface area contributed by atoms with Gasteiger partial charge in [-0.3, -0.25) is 9.69 Å². The SMILES string of the molecule is CCCn1c(C)cc(/C=C(\C#N)C(=O)NCc2ccc(CN3CCCC3)cc2)c1C. The summed E-state index contributed by atoms with van der Waals surface area (Å²) in [6, 6.07) is 12.5. The Kier molecular flexibility index (Phi) is 7.48. The van der Waals surface area contributed by atoms with E-state index in [-0.39, 0.29) is 11.5 Å². The van der Waals surface area contributed by atoms with E-state index in [0.717, 1.165) is 42.0 Å². The summed E-state index contributed by atoms with van der Waals surface area (Å²) in [6.07, 6.45) is 5.33. The highest BCUT2D eigenvalue weighted by Gasteiger charge is 2.13. The molecule has 0 atom stereocenters. The number of nitrogens with one attached hydrogen (secondary N) is 1. The van der Waals surface area contributed by atoms with Crippen molar-refractivity contribution in [2.45, 2.75) is 59.7 Å². The van der Waals surface area contributed by atoms with Crippen molar-refractivity contribution < 1.29 is 4.79 Å². The number of hydrogen-bond donors (Lipinski definition) is 1. The van der Waals surface area contributed by atoms with Crippen LogP contribution in [-0.2, 0) is 24.4 Å². The summed E-state index contributed by atoms with van der Waals surface area (Å²) in [5.74, 6) is -0.334. The van der Waals surface area contributed by atoms with Gasteiger partial charge in [-0.15, -0.1) is 0 Å². The molecule has 0 radical (unpaired) electrons. The Labute approximate surface area is 180 Å². The maximum absolute atomic E-state index is 12.6. The molecule has 5 heteroatoms. The fourth-order valence-electron chi connectivity index (χ4n) is 4.08. The molecule has 0 spiro atoms. The Morgan fingerprint density at radius 2 is 1.83 bits per heavy atom. The van der Waals surface area contributed by atoms with Crippen molar-refractivity contribution in [3.63, 3.8) is 0 Å². The van der Waals surface area contributed by atoms with E-state index in [2.05, 4.69) is 59.0 Å². The van der Waals surface area contributed by atoms with Gasteiger partial charge in [-0.1, -0.05) is 31.2 Å². The molecule has 1 fully saturated rings. The van der Waals surface area contributed by atoms with Crippen molar-refractivity contribution in [3.8, 4) is 6.07 Å². The van der Waals surface area contributed by atoms with Gasteiger partial charge in [-0.2, -0.15) is 5.26 Å². The number of nitrogens with zero attached hydrogens (tertiary/aromatic N) is 3. The molecule has 1 saturated heterocycles. The number of benzene rings is 1. The third-order valence-electron chi connectivity index (χ3n) is 5.81. The van der Waals surface area contributed by atoms with Crippen molar-refractivity contribution in [2.24, 2.45) is 0 Å². The molecule has 1 aromatic heterocycles. The largest absolute Gasteiger partial charge is 0.349 e. The first-order valence-corrected chi connectivity index (χ1v) is 10.9.